The van der Waals surface area contributed by atoms with E-state index < -0.39 is 6.04 Å². The van der Waals surface area contributed by atoms with E-state index in [9.17, 15) is 9.59 Å². The van der Waals surface area contributed by atoms with Crippen LogP contribution in [0.25, 0.3) is 0 Å². The quantitative estimate of drug-likeness (QED) is 0.398. The Morgan fingerprint density at radius 2 is 1.49 bits per heavy atom. The second-order valence-corrected chi connectivity index (χ2v) is 8.95. The van der Waals surface area contributed by atoms with Gasteiger partial charge in [-0.15, -0.1) is 0 Å². The molecule has 1 N–H and O–H groups in total. The molecule has 3 aromatic rings. The predicted octanol–water partition coefficient (Wildman–Crippen LogP) is 5.55. The SMILES string of the molecule is CCC(C)NC(=O)C(C)N(Cc1cccc(OC)c1)C(=O)CC(c1ccccc1)c1ccccc1. The summed E-state index contributed by atoms with van der Waals surface area (Å²) in [5, 5.41) is 3.03. The van der Waals surface area contributed by atoms with Crippen molar-refractivity contribution in [3.05, 3.63) is 102 Å². The Morgan fingerprint density at radius 1 is 0.886 bits per heavy atom. The summed E-state index contributed by atoms with van der Waals surface area (Å²) in [6.07, 6.45) is 1.09. The normalized spacial score (nSPS) is 12.6. The second-order valence-electron chi connectivity index (χ2n) is 8.95. The number of rotatable bonds is 11. The molecule has 0 radical (unpaired) electrons. The van der Waals surface area contributed by atoms with Gasteiger partial charge >= 0.3 is 0 Å². The first-order valence-electron chi connectivity index (χ1n) is 12.3. The number of hydrogen-bond acceptors (Lipinski definition) is 3. The zero-order valence-electron chi connectivity index (χ0n) is 21.1. The van der Waals surface area contributed by atoms with Gasteiger partial charge in [0.25, 0.3) is 0 Å². The van der Waals surface area contributed by atoms with Crippen LogP contribution >= 0.6 is 0 Å². The predicted molar refractivity (Wildman–Crippen MR) is 140 cm³/mol. The third-order valence-corrected chi connectivity index (χ3v) is 6.44. The first kappa shape index (κ1) is 26.0. The van der Waals surface area contributed by atoms with E-state index in [1.807, 2.05) is 74.5 Å². The van der Waals surface area contributed by atoms with E-state index in [-0.39, 0.29) is 30.2 Å². The van der Waals surface area contributed by atoms with Crippen molar-refractivity contribution in [1.82, 2.24) is 10.2 Å². The Morgan fingerprint density at radius 3 is 2.03 bits per heavy atom. The summed E-state index contributed by atoms with van der Waals surface area (Å²) in [5.74, 6) is 0.393. The molecule has 5 heteroatoms. The molecule has 2 atom stereocenters. The van der Waals surface area contributed by atoms with Crippen LogP contribution in [0.1, 0.15) is 56.2 Å². The van der Waals surface area contributed by atoms with Crippen LogP contribution in [0.2, 0.25) is 0 Å². The zero-order valence-corrected chi connectivity index (χ0v) is 21.1. The van der Waals surface area contributed by atoms with Crippen LogP contribution in [0.5, 0.6) is 5.75 Å². The van der Waals surface area contributed by atoms with Gasteiger partial charge in [-0.3, -0.25) is 9.59 Å². The van der Waals surface area contributed by atoms with Crippen LogP contribution in [0, 0.1) is 0 Å². The fourth-order valence-corrected chi connectivity index (χ4v) is 4.11. The van der Waals surface area contributed by atoms with Gasteiger partial charge in [-0.1, -0.05) is 79.7 Å². The van der Waals surface area contributed by atoms with Crippen molar-refractivity contribution in [3.8, 4) is 5.75 Å². The average molecular weight is 473 g/mol. The van der Waals surface area contributed by atoms with Gasteiger partial charge in [-0.2, -0.15) is 0 Å². The Bertz CT molecular complexity index is 1050. The van der Waals surface area contributed by atoms with Gasteiger partial charge in [0.15, 0.2) is 0 Å². The molecule has 0 saturated heterocycles. The van der Waals surface area contributed by atoms with Crippen LogP contribution in [-0.4, -0.2) is 35.9 Å². The molecule has 3 rings (SSSR count). The number of ether oxygens (including phenoxy) is 1. The first-order valence-corrected chi connectivity index (χ1v) is 12.3. The lowest BCUT2D eigenvalue weighted by Crippen LogP contribution is -2.49. The molecule has 0 spiro atoms. The van der Waals surface area contributed by atoms with Gasteiger partial charge in [0.1, 0.15) is 11.8 Å². The zero-order chi connectivity index (χ0) is 25.2. The third kappa shape index (κ3) is 7.19. The van der Waals surface area contributed by atoms with E-state index in [0.717, 1.165) is 28.9 Å². The largest absolute Gasteiger partial charge is 0.497 e. The molecule has 0 aliphatic carbocycles. The fourth-order valence-electron chi connectivity index (χ4n) is 4.11. The second kappa shape index (κ2) is 12.7. The molecule has 35 heavy (non-hydrogen) atoms. The number of nitrogens with zero attached hydrogens (tertiary/aromatic N) is 1. The van der Waals surface area contributed by atoms with E-state index in [2.05, 4.69) is 29.6 Å². The van der Waals surface area contributed by atoms with Gasteiger partial charge in [0, 0.05) is 24.9 Å². The minimum atomic E-state index is -0.616. The monoisotopic (exact) mass is 472 g/mol. The number of nitrogens with one attached hydrogen (secondary N) is 1. The number of carbonyl (C=O) groups excluding carboxylic acids is 2. The van der Waals surface area contributed by atoms with E-state index in [1.54, 1.807) is 18.9 Å². The third-order valence-electron chi connectivity index (χ3n) is 6.44. The number of hydrogen-bond donors (Lipinski definition) is 1. The lowest BCUT2D eigenvalue weighted by Gasteiger charge is -2.31. The maximum absolute atomic E-state index is 13.9. The van der Waals surface area contributed by atoms with Crippen molar-refractivity contribution >= 4 is 11.8 Å². The molecule has 0 aromatic heterocycles. The summed E-state index contributed by atoms with van der Waals surface area (Å²) >= 11 is 0. The average Bonchev–Trinajstić information content (AvgIpc) is 2.90. The Kier molecular flexibility index (Phi) is 9.47. The Balaban J connectivity index is 1.92. The highest BCUT2D eigenvalue weighted by Crippen LogP contribution is 2.29. The van der Waals surface area contributed by atoms with Gasteiger partial charge in [-0.25, -0.2) is 0 Å². The lowest BCUT2D eigenvalue weighted by molar-refractivity contribution is -0.141. The molecule has 0 saturated carbocycles. The summed E-state index contributed by atoms with van der Waals surface area (Å²) in [6, 6.07) is 27.2. The van der Waals surface area contributed by atoms with Crippen LogP contribution in [0.3, 0.4) is 0 Å². The van der Waals surface area contributed by atoms with Gasteiger partial charge < -0.3 is 15.0 Å². The van der Waals surface area contributed by atoms with Crippen LogP contribution in [-0.2, 0) is 16.1 Å². The highest BCUT2D eigenvalue weighted by molar-refractivity contribution is 5.88. The van der Waals surface area contributed by atoms with Gasteiger partial charge in [0.05, 0.1) is 7.11 Å². The van der Waals surface area contributed by atoms with Crippen molar-refractivity contribution in [3.63, 3.8) is 0 Å². The summed E-state index contributed by atoms with van der Waals surface area (Å²) < 4.78 is 5.37. The van der Waals surface area contributed by atoms with E-state index in [0.29, 0.717) is 6.54 Å². The summed E-state index contributed by atoms with van der Waals surface area (Å²) in [4.78, 5) is 28.6. The van der Waals surface area contributed by atoms with Gasteiger partial charge in [-0.05, 0) is 49.1 Å². The van der Waals surface area contributed by atoms with Crippen molar-refractivity contribution in [2.24, 2.45) is 0 Å². The number of amides is 2. The minimum Gasteiger partial charge on any atom is -0.497 e. The molecular formula is C30H36N2O3. The standard InChI is InChI=1S/C30H36N2O3/c1-5-22(2)31-30(34)23(3)32(21-24-13-12-18-27(19-24)35-4)29(33)20-28(25-14-8-6-9-15-25)26-16-10-7-11-17-26/h6-19,22-23,28H,5,20-21H2,1-4H3,(H,31,34). The Labute approximate surface area is 209 Å². The maximum atomic E-state index is 13.9. The van der Waals surface area contributed by atoms with E-state index in [4.69, 9.17) is 4.74 Å². The molecule has 0 heterocycles. The first-order chi connectivity index (χ1) is 16.9. The molecule has 5 nitrogen and oxygen atoms in total. The highest BCUT2D eigenvalue weighted by Gasteiger charge is 2.29. The summed E-state index contributed by atoms with van der Waals surface area (Å²) in [5.41, 5.74) is 3.06. The van der Waals surface area contributed by atoms with Crippen molar-refractivity contribution in [2.45, 2.75) is 58.2 Å². The summed E-state index contributed by atoms with van der Waals surface area (Å²) in [6.45, 7) is 6.12. The van der Waals surface area contributed by atoms with Crippen LogP contribution in [0.15, 0.2) is 84.9 Å². The molecule has 0 aliphatic heterocycles. The minimum absolute atomic E-state index is 0.0418. The molecule has 2 unspecified atom stereocenters. The maximum Gasteiger partial charge on any atom is 0.242 e. The topological polar surface area (TPSA) is 58.6 Å². The van der Waals surface area contributed by atoms with Gasteiger partial charge in [0.2, 0.25) is 11.8 Å². The number of carbonyl (C=O) groups is 2. The van der Waals surface area contributed by atoms with Crippen LogP contribution in [0.4, 0.5) is 0 Å². The smallest absolute Gasteiger partial charge is 0.242 e. The lowest BCUT2D eigenvalue weighted by atomic mass is 9.88. The molecule has 2 amide bonds. The fraction of sp³-hybridized carbons (Fsp3) is 0.333. The molecule has 0 aliphatic rings. The highest BCUT2D eigenvalue weighted by atomic mass is 16.5. The molecular weight excluding hydrogens is 436 g/mol. The molecule has 0 bridgehead atoms. The molecule has 0 fully saturated rings. The van der Waals surface area contributed by atoms with Crippen LogP contribution < -0.4 is 10.1 Å². The molecule has 3 aromatic carbocycles. The van der Waals surface area contributed by atoms with E-state index >= 15 is 0 Å². The molecule has 184 valence electrons. The van der Waals surface area contributed by atoms with E-state index in [1.165, 1.54) is 0 Å². The number of methoxy groups -OCH3 is 1. The summed E-state index contributed by atoms with van der Waals surface area (Å²) in [7, 11) is 1.62. The number of benzene rings is 3. The van der Waals surface area contributed by atoms with Crippen molar-refractivity contribution < 1.29 is 14.3 Å². The van der Waals surface area contributed by atoms with Crippen molar-refractivity contribution in [1.29, 1.82) is 0 Å². The van der Waals surface area contributed by atoms with Crippen molar-refractivity contribution in [2.75, 3.05) is 7.11 Å². The Hall–Kier alpha value is -3.60.